The molecular formula is C24H19Cl2NO3S. The van der Waals surface area contributed by atoms with Crippen molar-refractivity contribution in [2.75, 3.05) is 0 Å². The second-order valence-corrected chi connectivity index (χ2v) is 9.21. The molecular weight excluding hydrogens is 453 g/mol. The van der Waals surface area contributed by atoms with E-state index in [9.17, 15) is 9.59 Å². The predicted octanol–water partition coefficient (Wildman–Crippen LogP) is 7.17. The number of hydrogen-bond donors (Lipinski definition) is 0. The Morgan fingerprint density at radius 3 is 2.55 bits per heavy atom. The van der Waals surface area contributed by atoms with Crippen LogP contribution < -0.4 is 4.74 Å². The average Bonchev–Trinajstić information content (AvgIpc) is 3.01. The van der Waals surface area contributed by atoms with Crippen molar-refractivity contribution in [3.8, 4) is 5.75 Å². The van der Waals surface area contributed by atoms with E-state index >= 15 is 0 Å². The van der Waals surface area contributed by atoms with Crippen LogP contribution in [0.4, 0.5) is 4.79 Å². The van der Waals surface area contributed by atoms with E-state index in [1.54, 1.807) is 18.2 Å². The minimum absolute atomic E-state index is 0.200. The Hall–Kier alpha value is -2.47. The van der Waals surface area contributed by atoms with Gasteiger partial charge in [0.15, 0.2) is 0 Å². The molecule has 31 heavy (non-hydrogen) atoms. The van der Waals surface area contributed by atoms with Crippen LogP contribution in [0.5, 0.6) is 5.75 Å². The number of hydrogen-bond acceptors (Lipinski definition) is 4. The van der Waals surface area contributed by atoms with Crippen molar-refractivity contribution >= 4 is 63.0 Å². The van der Waals surface area contributed by atoms with Crippen LogP contribution in [0.1, 0.15) is 25.0 Å². The van der Waals surface area contributed by atoms with Gasteiger partial charge < -0.3 is 4.74 Å². The van der Waals surface area contributed by atoms with Gasteiger partial charge in [0.1, 0.15) is 12.4 Å². The molecule has 158 valence electrons. The molecule has 0 aromatic heterocycles. The Kier molecular flexibility index (Phi) is 6.28. The lowest BCUT2D eigenvalue weighted by atomic mass is 10.0. The van der Waals surface area contributed by atoms with E-state index in [0.717, 1.165) is 33.7 Å². The molecule has 0 saturated carbocycles. The van der Waals surface area contributed by atoms with Gasteiger partial charge in [-0.25, -0.2) is 0 Å². The molecule has 0 radical (unpaired) electrons. The second-order valence-electron chi connectivity index (χ2n) is 7.37. The fourth-order valence-electron chi connectivity index (χ4n) is 3.40. The lowest BCUT2D eigenvalue weighted by molar-refractivity contribution is -0.123. The first kappa shape index (κ1) is 21.8. The molecule has 1 aliphatic heterocycles. The van der Waals surface area contributed by atoms with E-state index in [2.05, 4.69) is 0 Å². The normalized spacial score (nSPS) is 15.5. The van der Waals surface area contributed by atoms with Crippen LogP contribution in [-0.2, 0) is 11.4 Å². The summed E-state index contributed by atoms with van der Waals surface area (Å²) in [6.45, 7) is 3.88. The molecule has 1 saturated heterocycles. The summed E-state index contributed by atoms with van der Waals surface area (Å²) in [4.78, 5) is 26.8. The number of fused-ring (bicyclic) bond motifs is 1. The number of nitrogens with zero attached hydrogens (tertiary/aromatic N) is 1. The van der Waals surface area contributed by atoms with E-state index < -0.39 is 0 Å². The third kappa shape index (κ3) is 4.45. The van der Waals surface area contributed by atoms with Gasteiger partial charge in [-0.05, 0) is 60.7 Å². The minimum Gasteiger partial charge on any atom is -0.488 e. The van der Waals surface area contributed by atoms with Crippen LogP contribution in [0.25, 0.3) is 16.8 Å². The number of carbonyl (C=O) groups excluding carboxylic acids is 2. The van der Waals surface area contributed by atoms with Crippen molar-refractivity contribution in [1.29, 1.82) is 0 Å². The summed E-state index contributed by atoms with van der Waals surface area (Å²) < 4.78 is 6.11. The number of halogens is 2. The molecule has 4 nitrogen and oxygen atoms in total. The first-order chi connectivity index (χ1) is 14.8. The standard InChI is InChI=1S/C24H19Cl2NO3S/c1-14(2)27-23(28)22(31-24(27)29)12-19-18-6-4-3-5-15(18)8-10-21(19)30-13-16-7-9-17(25)11-20(16)26/h3-12,14H,13H2,1-2H3/b22-12+. The van der Waals surface area contributed by atoms with Crippen LogP contribution in [0, 0.1) is 0 Å². The molecule has 1 heterocycles. The van der Waals surface area contributed by atoms with Crippen molar-refractivity contribution in [2.24, 2.45) is 0 Å². The van der Waals surface area contributed by atoms with Crippen molar-refractivity contribution < 1.29 is 14.3 Å². The zero-order valence-corrected chi connectivity index (χ0v) is 19.2. The number of thioether (sulfide) groups is 1. The first-order valence-electron chi connectivity index (χ1n) is 9.70. The zero-order chi connectivity index (χ0) is 22.1. The van der Waals surface area contributed by atoms with Gasteiger partial charge in [0.05, 0.1) is 4.91 Å². The Balaban J connectivity index is 1.74. The Morgan fingerprint density at radius 1 is 1.06 bits per heavy atom. The number of carbonyl (C=O) groups is 2. The number of benzene rings is 3. The maximum Gasteiger partial charge on any atom is 0.293 e. The van der Waals surface area contributed by atoms with E-state index in [1.165, 1.54) is 4.90 Å². The molecule has 0 aliphatic carbocycles. The van der Waals surface area contributed by atoms with Gasteiger partial charge in [-0.15, -0.1) is 0 Å². The molecule has 0 unspecified atom stereocenters. The summed E-state index contributed by atoms with van der Waals surface area (Å²) >= 11 is 13.2. The van der Waals surface area contributed by atoms with Crippen LogP contribution in [0.15, 0.2) is 59.5 Å². The highest BCUT2D eigenvalue weighted by molar-refractivity contribution is 8.18. The van der Waals surface area contributed by atoms with Crippen LogP contribution in [0.3, 0.4) is 0 Å². The summed E-state index contributed by atoms with van der Waals surface area (Å²) in [6, 6.07) is 16.7. The smallest absolute Gasteiger partial charge is 0.293 e. The number of rotatable bonds is 5. The number of amides is 2. The topological polar surface area (TPSA) is 46.6 Å². The maximum atomic E-state index is 12.8. The fourth-order valence-corrected chi connectivity index (χ4v) is 4.81. The Morgan fingerprint density at radius 2 is 1.84 bits per heavy atom. The summed E-state index contributed by atoms with van der Waals surface area (Å²) in [6.07, 6.45) is 1.74. The van der Waals surface area contributed by atoms with Crippen LogP contribution in [-0.4, -0.2) is 22.1 Å². The van der Waals surface area contributed by atoms with Gasteiger partial charge in [0.25, 0.3) is 11.1 Å². The molecule has 3 aromatic carbocycles. The van der Waals surface area contributed by atoms with Gasteiger partial charge in [-0.3, -0.25) is 14.5 Å². The molecule has 7 heteroatoms. The van der Waals surface area contributed by atoms with Crippen molar-refractivity contribution in [1.82, 2.24) is 4.90 Å². The predicted molar refractivity (Wildman–Crippen MR) is 128 cm³/mol. The molecule has 1 aliphatic rings. The van der Waals surface area contributed by atoms with Gasteiger partial charge in [-0.2, -0.15) is 0 Å². The highest BCUT2D eigenvalue weighted by Crippen LogP contribution is 2.38. The Labute approximate surface area is 194 Å². The molecule has 0 atom stereocenters. The van der Waals surface area contributed by atoms with Gasteiger partial charge in [-0.1, -0.05) is 59.6 Å². The van der Waals surface area contributed by atoms with E-state index in [1.807, 2.05) is 56.3 Å². The molecule has 3 aromatic rings. The highest BCUT2D eigenvalue weighted by Gasteiger charge is 2.36. The average molecular weight is 472 g/mol. The van der Waals surface area contributed by atoms with Gasteiger partial charge >= 0.3 is 0 Å². The quantitative estimate of drug-likeness (QED) is 0.370. The molecule has 0 bridgehead atoms. The van der Waals surface area contributed by atoms with Crippen molar-refractivity contribution in [2.45, 2.75) is 26.5 Å². The molecule has 2 amide bonds. The van der Waals surface area contributed by atoms with E-state index in [-0.39, 0.29) is 23.8 Å². The fraction of sp³-hybridized carbons (Fsp3) is 0.167. The first-order valence-corrected chi connectivity index (χ1v) is 11.3. The van der Waals surface area contributed by atoms with Gasteiger partial charge in [0.2, 0.25) is 0 Å². The zero-order valence-electron chi connectivity index (χ0n) is 16.9. The largest absolute Gasteiger partial charge is 0.488 e. The summed E-state index contributed by atoms with van der Waals surface area (Å²) in [7, 11) is 0. The van der Waals surface area contributed by atoms with Crippen LogP contribution in [0.2, 0.25) is 10.0 Å². The lowest BCUT2D eigenvalue weighted by Crippen LogP contribution is -2.34. The minimum atomic E-state index is -0.287. The van der Waals surface area contributed by atoms with E-state index in [4.69, 9.17) is 27.9 Å². The highest BCUT2D eigenvalue weighted by atomic mass is 35.5. The lowest BCUT2D eigenvalue weighted by Gasteiger charge is -2.16. The summed E-state index contributed by atoms with van der Waals surface area (Å²) in [5.41, 5.74) is 1.54. The maximum absolute atomic E-state index is 12.8. The summed E-state index contributed by atoms with van der Waals surface area (Å²) in [5, 5.41) is 2.75. The molecule has 0 N–H and O–H groups in total. The number of ether oxygens (including phenoxy) is 1. The summed E-state index contributed by atoms with van der Waals surface area (Å²) in [5.74, 6) is 0.311. The Bertz CT molecular complexity index is 1220. The third-order valence-corrected chi connectivity index (χ3v) is 6.41. The van der Waals surface area contributed by atoms with E-state index in [0.29, 0.717) is 20.7 Å². The SMILES string of the molecule is CC(C)N1C(=O)S/C(=C/c2c(OCc3ccc(Cl)cc3Cl)ccc3ccccc23)C1=O. The second kappa shape index (κ2) is 8.95. The van der Waals surface area contributed by atoms with Gasteiger partial charge in [0, 0.05) is 27.2 Å². The molecule has 4 rings (SSSR count). The third-order valence-electron chi connectivity index (χ3n) is 4.94. The van der Waals surface area contributed by atoms with Crippen molar-refractivity contribution in [3.63, 3.8) is 0 Å². The van der Waals surface area contributed by atoms with Crippen LogP contribution >= 0.6 is 35.0 Å². The number of imide groups is 1. The van der Waals surface area contributed by atoms with Crippen molar-refractivity contribution in [3.05, 3.63) is 80.7 Å². The monoisotopic (exact) mass is 471 g/mol. The molecule has 1 fully saturated rings. The molecule has 0 spiro atoms.